The maximum atomic E-state index is 12.1. The first-order chi connectivity index (χ1) is 11.9. The van der Waals surface area contributed by atoms with Crippen LogP contribution in [-0.2, 0) is 14.3 Å². The molecule has 0 aliphatic heterocycles. The average Bonchev–Trinajstić information content (AvgIpc) is 2.55. The Kier molecular flexibility index (Phi) is 8.63. The van der Waals surface area contributed by atoms with Gasteiger partial charge in [-0.05, 0) is 33.2 Å². The van der Waals surface area contributed by atoms with Crippen LogP contribution in [0.3, 0.4) is 0 Å². The number of rotatable bonds is 9. The fourth-order valence-corrected chi connectivity index (χ4v) is 2.26. The monoisotopic (exact) mass is 349 g/mol. The number of amides is 2. The number of likely N-dealkylation sites (N-methyl/N-ethyl adjacent to an activating group) is 1. The number of esters is 1. The predicted molar refractivity (Wildman–Crippen MR) is 96.6 cm³/mol. The first kappa shape index (κ1) is 20.6. The zero-order chi connectivity index (χ0) is 18.8. The van der Waals surface area contributed by atoms with Gasteiger partial charge in [-0.15, -0.1) is 0 Å². The minimum absolute atomic E-state index is 0.137. The predicted octanol–water partition coefficient (Wildman–Crippen LogP) is 1.28. The highest BCUT2D eigenvalue weighted by atomic mass is 16.5. The molecule has 0 aliphatic carbocycles. The quantitative estimate of drug-likeness (QED) is 0.680. The fraction of sp³-hybridized carbons (Fsp3) is 0.500. The van der Waals surface area contributed by atoms with Gasteiger partial charge in [-0.1, -0.05) is 12.1 Å². The van der Waals surface area contributed by atoms with Gasteiger partial charge in [0.25, 0.3) is 0 Å². The molecule has 0 bridgehead atoms. The Bertz CT molecular complexity index is 602. The Hall–Kier alpha value is -2.41. The highest BCUT2D eigenvalue weighted by Crippen LogP contribution is 2.22. The van der Waals surface area contributed by atoms with Crippen molar-refractivity contribution < 1.29 is 19.1 Å². The minimum atomic E-state index is -0.486. The largest absolute Gasteiger partial charge is 0.462 e. The molecule has 1 aromatic rings. The third kappa shape index (κ3) is 6.93. The van der Waals surface area contributed by atoms with E-state index < -0.39 is 5.97 Å². The van der Waals surface area contributed by atoms with Crippen LogP contribution < -0.4 is 10.2 Å². The van der Waals surface area contributed by atoms with E-state index in [1.54, 1.807) is 31.2 Å². The van der Waals surface area contributed by atoms with Crippen molar-refractivity contribution in [1.29, 1.82) is 0 Å². The molecule has 0 radical (unpaired) electrons. The lowest BCUT2D eigenvalue weighted by Gasteiger charge is -2.23. The van der Waals surface area contributed by atoms with Gasteiger partial charge >= 0.3 is 5.97 Å². The Morgan fingerprint density at radius 2 is 1.80 bits per heavy atom. The van der Waals surface area contributed by atoms with Crippen LogP contribution in [0.4, 0.5) is 5.69 Å². The van der Waals surface area contributed by atoms with E-state index in [4.69, 9.17) is 4.74 Å². The van der Waals surface area contributed by atoms with Crippen LogP contribution >= 0.6 is 0 Å². The molecular formula is C18H27N3O4. The van der Waals surface area contributed by atoms with Crippen molar-refractivity contribution >= 4 is 23.5 Å². The number of benzene rings is 1. The third-order valence-corrected chi connectivity index (χ3v) is 3.51. The summed E-state index contributed by atoms with van der Waals surface area (Å²) in [5.41, 5.74) is 0.766. The molecule has 25 heavy (non-hydrogen) atoms. The highest BCUT2D eigenvalue weighted by molar-refractivity contribution is 6.02. The lowest BCUT2D eigenvalue weighted by Crippen LogP contribution is -2.36. The highest BCUT2D eigenvalue weighted by Gasteiger charge is 2.20. The number of nitrogens with zero attached hydrogens (tertiary/aromatic N) is 2. The second-order valence-corrected chi connectivity index (χ2v) is 5.81. The lowest BCUT2D eigenvalue weighted by molar-refractivity contribution is -0.121. The fourth-order valence-electron chi connectivity index (χ4n) is 2.26. The Morgan fingerprint density at radius 3 is 2.40 bits per heavy atom. The zero-order valence-corrected chi connectivity index (χ0v) is 15.4. The Labute approximate surface area is 148 Å². The first-order valence-corrected chi connectivity index (χ1v) is 8.32. The van der Waals surface area contributed by atoms with E-state index in [1.165, 1.54) is 11.8 Å². The summed E-state index contributed by atoms with van der Waals surface area (Å²) in [5, 5.41) is 2.81. The van der Waals surface area contributed by atoms with Crippen LogP contribution in [0.25, 0.3) is 0 Å². The SMILES string of the molecule is CCOC(=O)c1ccccc1N(CCC(=O)NCCN(C)C)C(C)=O. The topological polar surface area (TPSA) is 79.0 Å². The minimum Gasteiger partial charge on any atom is -0.462 e. The average molecular weight is 349 g/mol. The molecule has 0 saturated heterocycles. The van der Waals surface area contributed by atoms with E-state index >= 15 is 0 Å². The number of anilines is 1. The van der Waals surface area contributed by atoms with Crippen molar-refractivity contribution in [1.82, 2.24) is 10.2 Å². The van der Waals surface area contributed by atoms with E-state index in [9.17, 15) is 14.4 Å². The zero-order valence-electron chi connectivity index (χ0n) is 15.4. The molecule has 0 aromatic heterocycles. The summed E-state index contributed by atoms with van der Waals surface area (Å²) in [6, 6.07) is 6.74. The van der Waals surface area contributed by atoms with Gasteiger partial charge in [0.15, 0.2) is 0 Å². The maximum absolute atomic E-state index is 12.1. The van der Waals surface area contributed by atoms with Gasteiger partial charge in [0, 0.05) is 33.0 Å². The van der Waals surface area contributed by atoms with E-state index in [-0.39, 0.29) is 31.4 Å². The molecule has 0 atom stereocenters. The molecule has 0 heterocycles. The molecule has 0 unspecified atom stereocenters. The number of carbonyl (C=O) groups excluding carboxylic acids is 3. The van der Waals surface area contributed by atoms with Crippen LogP contribution in [-0.4, -0.2) is 63.0 Å². The van der Waals surface area contributed by atoms with E-state index in [0.29, 0.717) is 17.8 Å². The molecule has 1 aromatic carbocycles. The summed E-state index contributed by atoms with van der Waals surface area (Å²) >= 11 is 0. The standard InChI is InChI=1S/C18H27N3O4/c1-5-25-18(24)15-8-6-7-9-16(15)21(14(2)22)12-10-17(23)19-11-13-20(3)4/h6-9H,5,10-13H2,1-4H3,(H,19,23). The van der Waals surface area contributed by atoms with Crippen LogP contribution in [0.15, 0.2) is 24.3 Å². The summed E-state index contributed by atoms with van der Waals surface area (Å²) in [6.45, 7) is 4.87. The number of ether oxygens (including phenoxy) is 1. The number of para-hydroxylation sites is 1. The number of nitrogens with one attached hydrogen (secondary N) is 1. The van der Waals surface area contributed by atoms with Gasteiger partial charge in [-0.3, -0.25) is 9.59 Å². The van der Waals surface area contributed by atoms with Gasteiger partial charge in [-0.2, -0.15) is 0 Å². The second-order valence-electron chi connectivity index (χ2n) is 5.81. The van der Waals surface area contributed by atoms with Crippen molar-refractivity contribution in [2.45, 2.75) is 20.3 Å². The molecule has 0 spiro atoms. The normalized spacial score (nSPS) is 10.4. The summed E-state index contributed by atoms with van der Waals surface area (Å²) in [6.07, 6.45) is 0.157. The molecule has 0 saturated carbocycles. The lowest BCUT2D eigenvalue weighted by atomic mass is 10.1. The molecular weight excluding hydrogens is 322 g/mol. The van der Waals surface area contributed by atoms with Crippen LogP contribution in [0, 0.1) is 0 Å². The molecule has 1 rings (SSSR count). The molecule has 7 nitrogen and oxygen atoms in total. The molecule has 0 aliphatic rings. The van der Waals surface area contributed by atoms with Gasteiger partial charge in [-0.25, -0.2) is 4.79 Å². The van der Waals surface area contributed by atoms with Crippen LogP contribution in [0.2, 0.25) is 0 Å². The number of hydrogen-bond donors (Lipinski definition) is 1. The third-order valence-electron chi connectivity index (χ3n) is 3.51. The van der Waals surface area contributed by atoms with Crippen LogP contribution in [0.5, 0.6) is 0 Å². The van der Waals surface area contributed by atoms with Crippen molar-refractivity contribution in [3.63, 3.8) is 0 Å². The molecule has 1 N–H and O–H groups in total. The summed E-state index contributed by atoms with van der Waals surface area (Å²) in [5.74, 6) is -0.862. The summed E-state index contributed by atoms with van der Waals surface area (Å²) in [7, 11) is 3.85. The first-order valence-electron chi connectivity index (χ1n) is 8.32. The van der Waals surface area contributed by atoms with Gasteiger partial charge in [0.1, 0.15) is 0 Å². The van der Waals surface area contributed by atoms with Gasteiger partial charge in [0.2, 0.25) is 11.8 Å². The van der Waals surface area contributed by atoms with E-state index in [2.05, 4.69) is 5.32 Å². The smallest absolute Gasteiger partial charge is 0.340 e. The van der Waals surface area contributed by atoms with Crippen molar-refractivity contribution in [2.75, 3.05) is 45.2 Å². The molecule has 2 amide bonds. The van der Waals surface area contributed by atoms with Crippen molar-refractivity contribution in [2.24, 2.45) is 0 Å². The van der Waals surface area contributed by atoms with E-state index in [1.807, 2.05) is 19.0 Å². The Balaban J connectivity index is 2.79. The van der Waals surface area contributed by atoms with Crippen molar-refractivity contribution in [3.8, 4) is 0 Å². The second kappa shape index (κ2) is 10.5. The van der Waals surface area contributed by atoms with Crippen LogP contribution in [0.1, 0.15) is 30.6 Å². The van der Waals surface area contributed by atoms with Gasteiger partial charge in [0.05, 0.1) is 17.9 Å². The summed E-state index contributed by atoms with van der Waals surface area (Å²) in [4.78, 5) is 39.5. The number of hydrogen-bond acceptors (Lipinski definition) is 5. The van der Waals surface area contributed by atoms with E-state index in [0.717, 1.165) is 6.54 Å². The molecule has 0 fully saturated rings. The van der Waals surface area contributed by atoms with Crippen molar-refractivity contribution in [3.05, 3.63) is 29.8 Å². The number of carbonyl (C=O) groups is 3. The summed E-state index contributed by atoms with van der Waals surface area (Å²) < 4.78 is 5.04. The molecule has 7 heteroatoms. The maximum Gasteiger partial charge on any atom is 0.340 e. The molecule has 138 valence electrons. The Morgan fingerprint density at radius 1 is 1.12 bits per heavy atom. The van der Waals surface area contributed by atoms with Gasteiger partial charge < -0.3 is 19.9 Å².